The molecule has 2 fully saturated rings. The monoisotopic (exact) mass is 410 g/mol. The van der Waals surface area contributed by atoms with Gasteiger partial charge in [0.05, 0.1) is 24.4 Å². The zero-order valence-corrected chi connectivity index (χ0v) is 17.2. The molecule has 0 bridgehead atoms. The van der Waals surface area contributed by atoms with Crippen LogP contribution in [0.4, 0.5) is 16.5 Å². The highest BCUT2D eigenvalue weighted by Gasteiger charge is 2.23. The van der Waals surface area contributed by atoms with Crippen LogP contribution >= 0.6 is 11.3 Å². The van der Waals surface area contributed by atoms with E-state index in [0.717, 1.165) is 73.8 Å². The Morgan fingerprint density at radius 1 is 0.897 bits per heavy atom. The third-order valence-electron chi connectivity index (χ3n) is 5.78. The molecule has 0 amide bonds. The SMILES string of the molecule is c1csc(NC2CCC(Nc3cc(N4CCOCC4)cc4nccnc34)CC2)n1. The zero-order chi connectivity index (χ0) is 19.5. The van der Waals surface area contributed by atoms with Crippen LogP contribution in [0, 0.1) is 0 Å². The largest absolute Gasteiger partial charge is 0.380 e. The van der Waals surface area contributed by atoms with Crippen LogP contribution in [0.25, 0.3) is 11.0 Å². The van der Waals surface area contributed by atoms with Gasteiger partial charge in [0.1, 0.15) is 5.52 Å². The molecule has 0 unspecified atom stereocenters. The number of nitrogens with zero attached hydrogens (tertiary/aromatic N) is 4. The molecule has 3 aromatic rings. The number of fused-ring (bicyclic) bond motifs is 1. The quantitative estimate of drug-likeness (QED) is 0.663. The summed E-state index contributed by atoms with van der Waals surface area (Å²) in [6, 6.07) is 5.35. The maximum absolute atomic E-state index is 5.51. The fraction of sp³-hybridized carbons (Fsp3) is 0.476. The summed E-state index contributed by atoms with van der Waals surface area (Å²) in [5, 5.41) is 10.4. The van der Waals surface area contributed by atoms with Crippen LogP contribution in [0.1, 0.15) is 25.7 Å². The fourth-order valence-electron chi connectivity index (χ4n) is 4.25. The van der Waals surface area contributed by atoms with Crippen LogP contribution in [-0.4, -0.2) is 53.3 Å². The number of rotatable bonds is 5. The normalized spacial score (nSPS) is 22.6. The highest BCUT2D eigenvalue weighted by Crippen LogP contribution is 2.31. The van der Waals surface area contributed by atoms with Crippen molar-refractivity contribution in [2.45, 2.75) is 37.8 Å². The van der Waals surface area contributed by atoms with Gasteiger partial charge in [-0.05, 0) is 37.8 Å². The van der Waals surface area contributed by atoms with Crippen LogP contribution in [0.15, 0.2) is 36.1 Å². The molecule has 5 rings (SSSR count). The summed E-state index contributed by atoms with van der Waals surface area (Å²) in [6.07, 6.45) is 9.95. The molecule has 0 spiro atoms. The Kier molecular flexibility index (Phi) is 5.45. The lowest BCUT2D eigenvalue weighted by Crippen LogP contribution is -2.36. The van der Waals surface area contributed by atoms with E-state index in [2.05, 4.69) is 42.6 Å². The van der Waals surface area contributed by atoms with E-state index in [1.807, 2.05) is 11.6 Å². The molecular weight excluding hydrogens is 384 g/mol. The van der Waals surface area contributed by atoms with Gasteiger partial charge in [0.25, 0.3) is 0 Å². The molecule has 1 aromatic carbocycles. The predicted octanol–water partition coefficient (Wildman–Crippen LogP) is 3.76. The molecule has 8 heteroatoms. The van der Waals surface area contributed by atoms with Gasteiger partial charge in [-0.25, -0.2) is 4.98 Å². The number of anilines is 3. The first-order valence-electron chi connectivity index (χ1n) is 10.4. The van der Waals surface area contributed by atoms with Crippen molar-refractivity contribution in [3.05, 3.63) is 36.1 Å². The summed E-state index contributed by atoms with van der Waals surface area (Å²) in [6.45, 7) is 3.38. The number of morpholine rings is 1. The first kappa shape index (κ1) is 18.6. The Bertz CT molecular complexity index is 936. The van der Waals surface area contributed by atoms with E-state index in [9.17, 15) is 0 Å². The van der Waals surface area contributed by atoms with Gasteiger partial charge in [-0.3, -0.25) is 9.97 Å². The molecule has 2 aliphatic rings. The molecule has 29 heavy (non-hydrogen) atoms. The summed E-state index contributed by atoms with van der Waals surface area (Å²) in [5.74, 6) is 0. The third-order valence-corrected chi connectivity index (χ3v) is 6.49. The molecule has 3 heterocycles. The van der Waals surface area contributed by atoms with E-state index in [1.54, 1.807) is 23.7 Å². The van der Waals surface area contributed by atoms with Gasteiger partial charge in [-0.15, -0.1) is 11.3 Å². The molecule has 1 saturated carbocycles. The van der Waals surface area contributed by atoms with Gasteiger partial charge in [0.2, 0.25) is 0 Å². The predicted molar refractivity (Wildman–Crippen MR) is 118 cm³/mol. The lowest BCUT2D eigenvalue weighted by molar-refractivity contribution is 0.122. The number of thiazole rings is 1. The molecule has 0 radical (unpaired) electrons. The van der Waals surface area contributed by atoms with Gasteiger partial charge in [0, 0.05) is 54.8 Å². The number of hydrogen-bond acceptors (Lipinski definition) is 8. The molecule has 1 aliphatic carbocycles. The lowest BCUT2D eigenvalue weighted by atomic mass is 9.91. The van der Waals surface area contributed by atoms with Gasteiger partial charge in [0.15, 0.2) is 5.13 Å². The second-order valence-electron chi connectivity index (χ2n) is 7.69. The maximum Gasteiger partial charge on any atom is 0.182 e. The van der Waals surface area contributed by atoms with Crippen molar-refractivity contribution >= 4 is 38.9 Å². The van der Waals surface area contributed by atoms with E-state index in [1.165, 1.54) is 5.69 Å². The minimum Gasteiger partial charge on any atom is -0.380 e. The van der Waals surface area contributed by atoms with E-state index in [-0.39, 0.29) is 0 Å². The van der Waals surface area contributed by atoms with Crippen molar-refractivity contribution in [2.75, 3.05) is 41.8 Å². The maximum atomic E-state index is 5.51. The van der Waals surface area contributed by atoms with Crippen molar-refractivity contribution < 1.29 is 4.74 Å². The van der Waals surface area contributed by atoms with Crippen LogP contribution in [0.2, 0.25) is 0 Å². The summed E-state index contributed by atoms with van der Waals surface area (Å²) < 4.78 is 5.51. The third kappa shape index (κ3) is 4.28. The highest BCUT2D eigenvalue weighted by molar-refractivity contribution is 7.13. The molecule has 2 aromatic heterocycles. The van der Waals surface area contributed by atoms with Crippen LogP contribution in [-0.2, 0) is 4.74 Å². The van der Waals surface area contributed by atoms with Gasteiger partial charge in [-0.1, -0.05) is 0 Å². The van der Waals surface area contributed by atoms with Crippen LogP contribution in [0.5, 0.6) is 0 Å². The molecule has 152 valence electrons. The Hall–Kier alpha value is -2.45. The van der Waals surface area contributed by atoms with Crippen LogP contribution in [0.3, 0.4) is 0 Å². The first-order valence-corrected chi connectivity index (χ1v) is 11.2. The number of benzene rings is 1. The van der Waals surface area contributed by atoms with E-state index in [4.69, 9.17) is 4.74 Å². The number of nitrogens with one attached hydrogen (secondary N) is 2. The molecular formula is C21H26N6OS. The highest BCUT2D eigenvalue weighted by atomic mass is 32.1. The minimum atomic E-state index is 0.453. The standard InChI is InChI=1S/C21H26N6OS/c1-3-16(26-21-24-7-12-29-21)4-2-15(1)25-19-14-17(27-8-10-28-11-9-27)13-18-20(19)23-6-5-22-18/h5-7,12-16,25H,1-4,8-11H2,(H,24,26). The van der Waals surface area contributed by atoms with Crippen molar-refractivity contribution in [3.8, 4) is 0 Å². The van der Waals surface area contributed by atoms with Crippen molar-refractivity contribution in [3.63, 3.8) is 0 Å². The molecule has 1 saturated heterocycles. The topological polar surface area (TPSA) is 75.2 Å². The molecule has 7 nitrogen and oxygen atoms in total. The van der Waals surface area contributed by atoms with E-state index < -0.39 is 0 Å². The summed E-state index contributed by atoms with van der Waals surface area (Å²) in [7, 11) is 0. The smallest absolute Gasteiger partial charge is 0.182 e. The Labute approximate surface area is 174 Å². The Morgan fingerprint density at radius 2 is 1.66 bits per heavy atom. The average Bonchev–Trinajstić information content (AvgIpc) is 3.29. The minimum absolute atomic E-state index is 0.453. The van der Waals surface area contributed by atoms with E-state index >= 15 is 0 Å². The fourth-order valence-corrected chi connectivity index (χ4v) is 4.85. The number of hydrogen-bond donors (Lipinski definition) is 2. The summed E-state index contributed by atoms with van der Waals surface area (Å²) >= 11 is 1.67. The molecule has 1 aliphatic heterocycles. The van der Waals surface area contributed by atoms with Gasteiger partial charge >= 0.3 is 0 Å². The molecule has 0 atom stereocenters. The van der Waals surface area contributed by atoms with Crippen molar-refractivity contribution in [2.24, 2.45) is 0 Å². The molecule has 2 N–H and O–H groups in total. The number of aromatic nitrogens is 3. The van der Waals surface area contributed by atoms with Crippen molar-refractivity contribution in [1.82, 2.24) is 15.0 Å². The second-order valence-corrected chi connectivity index (χ2v) is 8.59. The Morgan fingerprint density at radius 3 is 2.41 bits per heavy atom. The van der Waals surface area contributed by atoms with Gasteiger partial charge < -0.3 is 20.3 Å². The summed E-state index contributed by atoms with van der Waals surface area (Å²) in [4.78, 5) is 15.9. The first-order chi connectivity index (χ1) is 14.3. The van der Waals surface area contributed by atoms with Gasteiger partial charge in [-0.2, -0.15) is 0 Å². The van der Waals surface area contributed by atoms with E-state index in [0.29, 0.717) is 12.1 Å². The summed E-state index contributed by atoms with van der Waals surface area (Å²) in [5.41, 5.74) is 4.18. The second kappa shape index (κ2) is 8.51. The number of ether oxygens (including phenoxy) is 1. The zero-order valence-electron chi connectivity index (χ0n) is 16.4. The Balaban J connectivity index is 1.30. The lowest BCUT2D eigenvalue weighted by Gasteiger charge is -2.32. The van der Waals surface area contributed by atoms with Crippen LogP contribution < -0.4 is 15.5 Å². The average molecular weight is 411 g/mol. The van der Waals surface area contributed by atoms with Crippen molar-refractivity contribution in [1.29, 1.82) is 0 Å².